The minimum absolute atomic E-state index is 0.245. The van der Waals surface area contributed by atoms with Crippen molar-refractivity contribution in [3.8, 4) is 0 Å². The van der Waals surface area contributed by atoms with Crippen molar-refractivity contribution in [2.45, 2.75) is 19.6 Å². The highest BCUT2D eigenvalue weighted by Crippen LogP contribution is 2.02. The molecule has 1 heterocycles. The average molecular weight is 566 g/mol. The van der Waals surface area contributed by atoms with E-state index in [1.807, 2.05) is 0 Å². The number of ether oxygens (including phenoxy) is 8. The largest absolute Gasteiger partial charge is 0.415 e. The molecule has 1 aliphatic heterocycles. The highest BCUT2D eigenvalue weighted by Gasteiger charge is 2.22. The predicted molar refractivity (Wildman–Crippen MR) is 142 cm³/mol. The third-order valence-corrected chi connectivity index (χ3v) is 5.80. The molecule has 0 spiro atoms. The molecule has 0 fully saturated rings. The van der Waals surface area contributed by atoms with E-state index in [2.05, 4.69) is 19.6 Å². The van der Waals surface area contributed by atoms with Gasteiger partial charge in [-0.05, 0) is 19.6 Å². The summed E-state index contributed by atoms with van der Waals surface area (Å²) in [5.41, 5.74) is 0. The molecule has 12 nitrogen and oxygen atoms in total. The Bertz CT molecular complexity index is 613. The van der Waals surface area contributed by atoms with Gasteiger partial charge in [0.15, 0.2) is 8.32 Å². The van der Waals surface area contributed by atoms with E-state index in [1.165, 1.54) is 12.2 Å². The van der Waals surface area contributed by atoms with Gasteiger partial charge in [0, 0.05) is 12.2 Å². The molecule has 0 saturated carbocycles. The highest BCUT2D eigenvalue weighted by molar-refractivity contribution is 6.69. The Morgan fingerprint density at radius 3 is 1.03 bits per heavy atom. The zero-order chi connectivity index (χ0) is 27.7. The Morgan fingerprint density at radius 2 is 0.737 bits per heavy atom. The summed E-state index contributed by atoms with van der Waals surface area (Å²) in [5.74, 6) is -0.605. The first-order valence-corrected chi connectivity index (χ1v) is 16.6. The zero-order valence-corrected chi connectivity index (χ0v) is 24.3. The molecular weight excluding hydrogens is 518 g/mol. The summed E-state index contributed by atoms with van der Waals surface area (Å²) in [6, 6.07) is 0. The minimum Gasteiger partial charge on any atom is -0.415 e. The van der Waals surface area contributed by atoms with Crippen molar-refractivity contribution in [1.29, 1.82) is 0 Å². The Hall–Kier alpha value is -1.26. The van der Waals surface area contributed by atoms with E-state index in [9.17, 15) is 9.59 Å². The monoisotopic (exact) mass is 565 g/mol. The number of nitrogens with zero attached hydrogens (tertiary/aromatic N) is 1. The van der Waals surface area contributed by atoms with Gasteiger partial charge in [-0.25, -0.2) is 0 Å². The van der Waals surface area contributed by atoms with Gasteiger partial charge >= 0.3 is 0 Å². The van der Waals surface area contributed by atoms with Gasteiger partial charge in [0.1, 0.15) is 0 Å². The van der Waals surface area contributed by atoms with Crippen molar-refractivity contribution in [2.24, 2.45) is 0 Å². The molecule has 0 saturated heterocycles. The normalized spacial score (nSPS) is 13.8. The fraction of sp³-hybridized carbons (Fsp3) is 0.840. The molecule has 2 amide bonds. The summed E-state index contributed by atoms with van der Waals surface area (Å²) in [5, 5.41) is 0. The van der Waals surface area contributed by atoms with Gasteiger partial charge in [-0.3, -0.25) is 14.5 Å². The van der Waals surface area contributed by atoms with Crippen molar-refractivity contribution in [1.82, 2.24) is 4.90 Å². The standard InChI is InChI=1S/C25H47NO11Si/c1-38(2,3)37-23-22-36-21-20-35-19-18-34-17-16-33-15-14-32-13-12-31-11-10-30-9-8-29-7-6-26-24(27)4-5-25(26)28/h4-5H,6-23H2,1-3H3. The molecule has 0 aromatic heterocycles. The van der Waals surface area contributed by atoms with E-state index in [1.54, 1.807) is 0 Å². The summed E-state index contributed by atoms with van der Waals surface area (Å²) in [7, 11) is -1.45. The summed E-state index contributed by atoms with van der Waals surface area (Å²) < 4.78 is 49.1. The number of imide groups is 1. The number of carbonyl (C=O) groups is 2. The van der Waals surface area contributed by atoms with Crippen molar-refractivity contribution in [3.63, 3.8) is 0 Å². The number of hydrogen-bond donors (Lipinski definition) is 0. The van der Waals surface area contributed by atoms with E-state index < -0.39 is 8.32 Å². The first-order chi connectivity index (χ1) is 18.4. The van der Waals surface area contributed by atoms with Crippen LogP contribution in [0.2, 0.25) is 19.6 Å². The minimum atomic E-state index is -1.45. The third-order valence-electron chi connectivity index (χ3n) is 4.73. The molecule has 0 aromatic rings. The molecule has 0 radical (unpaired) electrons. The smallest absolute Gasteiger partial charge is 0.253 e. The van der Waals surface area contributed by atoms with Gasteiger partial charge in [0.25, 0.3) is 11.8 Å². The summed E-state index contributed by atoms with van der Waals surface area (Å²) in [6.45, 7) is 15.1. The number of carbonyl (C=O) groups excluding carboxylic acids is 2. The molecule has 13 heteroatoms. The molecule has 0 aliphatic carbocycles. The molecule has 1 aliphatic rings. The van der Waals surface area contributed by atoms with Crippen LogP contribution >= 0.6 is 0 Å². The molecule has 0 atom stereocenters. The third kappa shape index (κ3) is 21.6. The van der Waals surface area contributed by atoms with E-state index in [-0.39, 0.29) is 25.0 Å². The molecule has 0 N–H and O–H groups in total. The van der Waals surface area contributed by atoms with Gasteiger partial charge in [-0.2, -0.15) is 0 Å². The van der Waals surface area contributed by atoms with Crippen molar-refractivity contribution < 1.29 is 51.9 Å². The SMILES string of the molecule is C[Si](C)(C)OCCOCCOCCOCCOCCOCCOCCOCCOCCN1C(=O)C=CC1=O. The van der Waals surface area contributed by atoms with Crippen molar-refractivity contribution in [3.05, 3.63) is 12.2 Å². The highest BCUT2D eigenvalue weighted by atomic mass is 28.4. The van der Waals surface area contributed by atoms with Crippen LogP contribution in [0.3, 0.4) is 0 Å². The van der Waals surface area contributed by atoms with E-state index in [0.29, 0.717) is 106 Å². The van der Waals surface area contributed by atoms with E-state index in [4.69, 9.17) is 42.3 Å². The quantitative estimate of drug-likeness (QED) is 0.0764. The lowest BCUT2D eigenvalue weighted by molar-refractivity contribution is -0.137. The summed E-state index contributed by atoms with van der Waals surface area (Å²) in [4.78, 5) is 23.9. The maximum Gasteiger partial charge on any atom is 0.253 e. The Kier molecular flexibility index (Phi) is 21.6. The lowest BCUT2D eigenvalue weighted by atomic mass is 10.5. The van der Waals surface area contributed by atoms with Gasteiger partial charge in [-0.1, -0.05) is 0 Å². The first kappa shape index (κ1) is 34.8. The van der Waals surface area contributed by atoms with Crippen molar-refractivity contribution >= 4 is 20.1 Å². The lowest BCUT2D eigenvalue weighted by Crippen LogP contribution is -2.33. The summed E-state index contributed by atoms with van der Waals surface area (Å²) >= 11 is 0. The van der Waals surface area contributed by atoms with Gasteiger partial charge < -0.3 is 42.3 Å². The van der Waals surface area contributed by atoms with Crippen LogP contribution in [0, 0.1) is 0 Å². The van der Waals surface area contributed by atoms with Gasteiger partial charge in [-0.15, -0.1) is 0 Å². The maximum atomic E-state index is 11.4. The summed E-state index contributed by atoms with van der Waals surface area (Å²) in [6.07, 6.45) is 2.51. The Morgan fingerprint density at radius 1 is 0.474 bits per heavy atom. The van der Waals surface area contributed by atoms with Crippen LogP contribution in [0.1, 0.15) is 0 Å². The van der Waals surface area contributed by atoms with Gasteiger partial charge in [0.05, 0.1) is 119 Å². The van der Waals surface area contributed by atoms with Crippen LogP contribution in [-0.4, -0.2) is 144 Å². The molecule has 0 unspecified atom stereocenters. The predicted octanol–water partition coefficient (Wildman–Crippen LogP) is 0.896. The Balaban J connectivity index is 1.66. The first-order valence-electron chi connectivity index (χ1n) is 13.2. The number of amides is 2. The number of rotatable bonds is 28. The van der Waals surface area contributed by atoms with Crippen molar-refractivity contribution in [2.75, 3.05) is 119 Å². The van der Waals surface area contributed by atoms with Crippen LogP contribution in [0.25, 0.3) is 0 Å². The van der Waals surface area contributed by atoms with Crippen LogP contribution < -0.4 is 0 Å². The molecular formula is C25H47NO11Si. The van der Waals surface area contributed by atoms with Crippen LogP contribution in [-0.2, 0) is 51.9 Å². The topological polar surface area (TPSA) is 120 Å². The van der Waals surface area contributed by atoms with E-state index in [0.717, 1.165) is 4.90 Å². The van der Waals surface area contributed by atoms with E-state index >= 15 is 0 Å². The average Bonchev–Trinajstić information content (AvgIpc) is 3.19. The molecule has 1 rings (SSSR count). The zero-order valence-electron chi connectivity index (χ0n) is 23.3. The fourth-order valence-corrected chi connectivity index (χ4v) is 3.55. The maximum absolute atomic E-state index is 11.4. The second-order valence-corrected chi connectivity index (χ2v) is 13.5. The molecule has 0 aromatic carbocycles. The lowest BCUT2D eigenvalue weighted by Gasteiger charge is -2.16. The molecule has 222 valence electrons. The number of hydrogen-bond acceptors (Lipinski definition) is 11. The molecule has 0 bridgehead atoms. The van der Waals surface area contributed by atoms with Crippen LogP contribution in [0.4, 0.5) is 0 Å². The molecule has 38 heavy (non-hydrogen) atoms. The van der Waals surface area contributed by atoms with Gasteiger partial charge in [0.2, 0.25) is 0 Å². The second kappa shape index (κ2) is 23.6. The van der Waals surface area contributed by atoms with Crippen LogP contribution in [0.15, 0.2) is 12.2 Å². The van der Waals surface area contributed by atoms with Crippen LogP contribution in [0.5, 0.6) is 0 Å². The Labute approximate surface area is 227 Å². The fourth-order valence-electron chi connectivity index (χ4n) is 2.86. The second-order valence-electron chi connectivity index (χ2n) is 9.02.